The summed E-state index contributed by atoms with van der Waals surface area (Å²) in [6.45, 7) is 6.90. The van der Waals surface area contributed by atoms with Crippen LogP contribution in [0.1, 0.15) is 49.3 Å². The fourth-order valence-electron chi connectivity index (χ4n) is 3.81. The van der Waals surface area contributed by atoms with Gasteiger partial charge in [0.05, 0.1) is 5.75 Å². The van der Waals surface area contributed by atoms with Crippen LogP contribution in [0.5, 0.6) is 0 Å². The van der Waals surface area contributed by atoms with Crippen molar-refractivity contribution in [2.75, 3.05) is 18.4 Å². The van der Waals surface area contributed by atoms with Gasteiger partial charge in [-0.15, -0.1) is 0 Å². The molecule has 0 aliphatic carbocycles. The zero-order valence-electron chi connectivity index (χ0n) is 17.4. The molecule has 156 valence electrons. The summed E-state index contributed by atoms with van der Waals surface area (Å²) in [6.07, 6.45) is 1.09. The average molecular weight is 415 g/mol. The lowest BCUT2D eigenvalue weighted by molar-refractivity contribution is -0.120. The van der Waals surface area contributed by atoms with E-state index in [1.165, 1.54) is 4.31 Å². The molecular weight excluding hydrogens is 384 g/mol. The lowest BCUT2D eigenvalue weighted by Crippen LogP contribution is -2.42. The minimum Gasteiger partial charge on any atom is -0.326 e. The molecule has 6 heteroatoms. The average Bonchev–Trinajstić information content (AvgIpc) is 2.70. The van der Waals surface area contributed by atoms with Crippen LogP contribution in [0.4, 0.5) is 5.69 Å². The van der Waals surface area contributed by atoms with Gasteiger partial charge in [0.1, 0.15) is 0 Å². The van der Waals surface area contributed by atoms with E-state index in [0.29, 0.717) is 31.8 Å². The van der Waals surface area contributed by atoms with Crippen LogP contribution in [0.3, 0.4) is 0 Å². The minimum atomic E-state index is -3.38. The Hall–Kier alpha value is -2.18. The molecule has 1 N–H and O–H groups in total. The molecule has 0 aromatic heterocycles. The third kappa shape index (κ3) is 5.25. The Morgan fingerprint density at radius 3 is 2.34 bits per heavy atom. The van der Waals surface area contributed by atoms with E-state index in [9.17, 15) is 13.2 Å². The maximum atomic E-state index is 12.8. The summed E-state index contributed by atoms with van der Waals surface area (Å²) in [5.74, 6) is 0.146. The molecule has 0 bridgehead atoms. The van der Waals surface area contributed by atoms with Gasteiger partial charge in [0.2, 0.25) is 15.9 Å². The second-order valence-electron chi connectivity index (χ2n) is 8.09. The van der Waals surface area contributed by atoms with E-state index in [-0.39, 0.29) is 17.6 Å². The van der Waals surface area contributed by atoms with Gasteiger partial charge in [-0.05, 0) is 48.4 Å². The largest absolute Gasteiger partial charge is 0.326 e. The van der Waals surface area contributed by atoms with E-state index >= 15 is 0 Å². The summed E-state index contributed by atoms with van der Waals surface area (Å²) >= 11 is 0. The van der Waals surface area contributed by atoms with E-state index in [0.717, 1.165) is 22.4 Å². The summed E-state index contributed by atoms with van der Waals surface area (Å²) in [5.41, 5.74) is 3.77. The molecule has 2 aromatic carbocycles. The van der Waals surface area contributed by atoms with Gasteiger partial charge in [-0.3, -0.25) is 4.79 Å². The standard InChI is InChI=1S/C23H30N2O3S/c1-17(2)21-10-6-7-11-22(21)24-23(26)19-12-14-25(15-13-19)29(27,28)16-20-9-5-4-8-18(20)3/h4-11,17,19H,12-16H2,1-3H3,(H,24,26). The van der Waals surface area contributed by atoms with Crippen molar-refractivity contribution in [2.45, 2.75) is 45.3 Å². The molecule has 1 saturated heterocycles. The van der Waals surface area contributed by atoms with Crippen molar-refractivity contribution in [3.63, 3.8) is 0 Å². The van der Waals surface area contributed by atoms with Crippen LogP contribution >= 0.6 is 0 Å². The van der Waals surface area contributed by atoms with Gasteiger partial charge in [-0.25, -0.2) is 12.7 Å². The molecule has 2 aromatic rings. The summed E-state index contributed by atoms with van der Waals surface area (Å²) in [6, 6.07) is 15.4. The van der Waals surface area contributed by atoms with Gasteiger partial charge >= 0.3 is 0 Å². The monoisotopic (exact) mass is 414 g/mol. The number of carbonyl (C=O) groups excluding carboxylic acids is 1. The predicted octanol–water partition coefficient (Wildman–Crippen LogP) is 4.30. The van der Waals surface area contributed by atoms with Crippen LogP contribution in [-0.4, -0.2) is 31.7 Å². The van der Waals surface area contributed by atoms with E-state index < -0.39 is 10.0 Å². The van der Waals surface area contributed by atoms with Crippen LogP contribution < -0.4 is 5.32 Å². The first kappa shape index (κ1) is 21.5. The number of para-hydroxylation sites is 1. The first-order valence-electron chi connectivity index (χ1n) is 10.2. The molecule has 0 saturated carbocycles. The molecule has 1 aliphatic heterocycles. The number of hydrogen-bond acceptors (Lipinski definition) is 3. The highest BCUT2D eigenvalue weighted by molar-refractivity contribution is 7.88. The zero-order valence-corrected chi connectivity index (χ0v) is 18.2. The van der Waals surface area contributed by atoms with Gasteiger partial charge in [0, 0.05) is 24.7 Å². The first-order valence-corrected chi connectivity index (χ1v) is 11.8. The lowest BCUT2D eigenvalue weighted by Gasteiger charge is -2.31. The lowest BCUT2D eigenvalue weighted by atomic mass is 9.96. The maximum absolute atomic E-state index is 12.8. The quantitative estimate of drug-likeness (QED) is 0.766. The highest BCUT2D eigenvalue weighted by atomic mass is 32.2. The van der Waals surface area contributed by atoms with Crippen molar-refractivity contribution in [1.82, 2.24) is 4.31 Å². The molecule has 0 radical (unpaired) electrons. The fourth-order valence-corrected chi connectivity index (χ4v) is 5.47. The van der Waals surface area contributed by atoms with Gasteiger partial charge in [-0.1, -0.05) is 56.3 Å². The number of nitrogens with one attached hydrogen (secondary N) is 1. The summed E-state index contributed by atoms with van der Waals surface area (Å²) < 4.78 is 27.2. The Labute approximate surface area is 174 Å². The Morgan fingerprint density at radius 1 is 1.07 bits per heavy atom. The Balaban J connectivity index is 1.60. The van der Waals surface area contributed by atoms with E-state index in [1.54, 1.807) is 0 Å². The number of amides is 1. The van der Waals surface area contributed by atoms with Crippen molar-refractivity contribution in [2.24, 2.45) is 5.92 Å². The number of sulfonamides is 1. The molecule has 0 unspecified atom stereocenters. The minimum absolute atomic E-state index is 0.0122. The Morgan fingerprint density at radius 2 is 1.69 bits per heavy atom. The normalized spacial score (nSPS) is 16.1. The van der Waals surface area contributed by atoms with E-state index in [1.807, 2.05) is 55.5 Å². The smallest absolute Gasteiger partial charge is 0.227 e. The Kier molecular flexibility index (Phi) is 6.75. The fraction of sp³-hybridized carbons (Fsp3) is 0.435. The van der Waals surface area contributed by atoms with Gasteiger partial charge in [-0.2, -0.15) is 0 Å². The second kappa shape index (κ2) is 9.09. The van der Waals surface area contributed by atoms with Crippen LogP contribution in [0.15, 0.2) is 48.5 Å². The van der Waals surface area contributed by atoms with Crippen molar-refractivity contribution in [3.8, 4) is 0 Å². The number of anilines is 1. The molecule has 29 heavy (non-hydrogen) atoms. The van der Waals surface area contributed by atoms with Crippen LogP contribution in [0.2, 0.25) is 0 Å². The highest BCUT2D eigenvalue weighted by Crippen LogP contribution is 2.27. The molecule has 3 rings (SSSR count). The number of benzene rings is 2. The molecule has 5 nitrogen and oxygen atoms in total. The van der Waals surface area contributed by atoms with Gasteiger partial charge in [0.15, 0.2) is 0 Å². The zero-order chi connectivity index (χ0) is 21.0. The van der Waals surface area contributed by atoms with Crippen molar-refractivity contribution in [1.29, 1.82) is 0 Å². The number of rotatable bonds is 6. The first-order chi connectivity index (χ1) is 13.8. The van der Waals surface area contributed by atoms with E-state index in [2.05, 4.69) is 19.2 Å². The Bertz CT molecular complexity index is 962. The molecule has 1 aliphatic rings. The second-order valence-corrected chi connectivity index (χ2v) is 10.1. The van der Waals surface area contributed by atoms with E-state index in [4.69, 9.17) is 0 Å². The highest BCUT2D eigenvalue weighted by Gasteiger charge is 2.31. The number of carbonyl (C=O) groups is 1. The van der Waals surface area contributed by atoms with Gasteiger partial charge < -0.3 is 5.32 Å². The number of hydrogen-bond donors (Lipinski definition) is 1. The third-order valence-electron chi connectivity index (χ3n) is 5.66. The van der Waals surface area contributed by atoms with Crippen LogP contribution in [0.25, 0.3) is 0 Å². The predicted molar refractivity (Wildman–Crippen MR) is 117 cm³/mol. The molecule has 0 spiro atoms. The summed E-state index contributed by atoms with van der Waals surface area (Å²) in [5, 5.41) is 3.06. The number of nitrogens with zero attached hydrogens (tertiary/aromatic N) is 1. The molecular formula is C23H30N2O3S. The molecule has 1 heterocycles. The number of piperidine rings is 1. The third-order valence-corrected chi connectivity index (χ3v) is 7.49. The van der Waals surface area contributed by atoms with Crippen molar-refractivity contribution in [3.05, 3.63) is 65.2 Å². The number of aryl methyl sites for hydroxylation is 1. The summed E-state index contributed by atoms with van der Waals surface area (Å²) in [7, 11) is -3.38. The SMILES string of the molecule is Cc1ccccc1CS(=O)(=O)N1CCC(C(=O)Nc2ccccc2C(C)C)CC1. The maximum Gasteiger partial charge on any atom is 0.227 e. The van der Waals surface area contributed by atoms with Crippen molar-refractivity contribution >= 4 is 21.6 Å². The van der Waals surface area contributed by atoms with Gasteiger partial charge in [0.25, 0.3) is 0 Å². The van der Waals surface area contributed by atoms with Crippen LogP contribution in [0, 0.1) is 12.8 Å². The topological polar surface area (TPSA) is 66.5 Å². The molecule has 1 fully saturated rings. The molecule has 0 atom stereocenters. The van der Waals surface area contributed by atoms with Crippen molar-refractivity contribution < 1.29 is 13.2 Å². The molecule has 1 amide bonds. The summed E-state index contributed by atoms with van der Waals surface area (Å²) in [4.78, 5) is 12.8. The van der Waals surface area contributed by atoms with Crippen LogP contribution in [-0.2, 0) is 20.6 Å².